The van der Waals surface area contributed by atoms with Gasteiger partial charge in [-0.2, -0.15) is 0 Å². The summed E-state index contributed by atoms with van der Waals surface area (Å²) in [5.41, 5.74) is 6.61. The largest absolute Gasteiger partial charge is 0.507 e. The highest BCUT2D eigenvalue weighted by atomic mass is 16.6. The van der Waals surface area contributed by atoms with E-state index in [1.54, 1.807) is 31.2 Å². The molecule has 0 fully saturated rings. The van der Waals surface area contributed by atoms with Crippen molar-refractivity contribution in [3.63, 3.8) is 0 Å². The summed E-state index contributed by atoms with van der Waals surface area (Å²) in [5.74, 6) is -0.609. The summed E-state index contributed by atoms with van der Waals surface area (Å²) >= 11 is 0. The van der Waals surface area contributed by atoms with Crippen LogP contribution < -0.4 is 10.6 Å². The molecule has 2 aromatic rings. The van der Waals surface area contributed by atoms with Crippen molar-refractivity contribution in [3.8, 4) is 17.2 Å². The van der Waals surface area contributed by atoms with Crippen LogP contribution in [0.2, 0.25) is 0 Å². The van der Waals surface area contributed by atoms with Crippen LogP contribution in [0.4, 0.5) is 0 Å². The fourth-order valence-electron chi connectivity index (χ4n) is 1.80. The number of benzene rings is 2. The molecule has 0 unspecified atom stereocenters. The zero-order chi connectivity index (χ0) is 16.1. The zero-order valence-corrected chi connectivity index (χ0v) is 12.0. The minimum Gasteiger partial charge on any atom is -0.507 e. The van der Waals surface area contributed by atoms with Gasteiger partial charge in [-0.05, 0) is 12.5 Å². The van der Waals surface area contributed by atoms with Gasteiger partial charge in [0, 0.05) is 17.7 Å². The van der Waals surface area contributed by atoms with E-state index in [0.717, 1.165) is 0 Å². The highest BCUT2D eigenvalue weighted by molar-refractivity contribution is 6.09. The summed E-state index contributed by atoms with van der Waals surface area (Å²) < 4.78 is 0. The Bertz CT molecular complexity index is 688. The number of hydrogen-bond donors (Lipinski definition) is 3. The maximum Gasteiger partial charge on any atom is 0.223 e. The molecule has 0 spiro atoms. The van der Waals surface area contributed by atoms with Crippen LogP contribution in [0.1, 0.15) is 17.5 Å². The van der Waals surface area contributed by atoms with Crippen molar-refractivity contribution in [2.75, 3.05) is 0 Å². The molecule has 4 N–H and O–H groups in total. The third kappa shape index (κ3) is 3.76. The zero-order valence-electron chi connectivity index (χ0n) is 12.0. The lowest BCUT2D eigenvalue weighted by Crippen LogP contribution is -2.17. The predicted molar refractivity (Wildman–Crippen MR) is 81.9 cm³/mol. The first-order valence-corrected chi connectivity index (χ1v) is 6.57. The van der Waals surface area contributed by atoms with E-state index in [1.165, 1.54) is 12.1 Å². The third-order valence-electron chi connectivity index (χ3n) is 3.04. The molecule has 0 heterocycles. The SMILES string of the molecule is Cc1c(O)cc(O/N=C(\CC(N)=O)c2ccccc2)cc1O. The van der Waals surface area contributed by atoms with Gasteiger partial charge in [0.25, 0.3) is 0 Å². The molecule has 6 heteroatoms. The number of nitrogens with two attached hydrogens (primary N) is 1. The van der Waals surface area contributed by atoms with E-state index in [4.69, 9.17) is 10.6 Å². The van der Waals surface area contributed by atoms with Crippen LogP contribution >= 0.6 is 0 Å². The summed E-state index contributed by atoms with van der Waals surface area (Å²) in [6.07, 6.45) is -0.0894. The Kier molecular flexibility index (Phi) is 4.63. The number of phenols is 2. The van der Waals surface area contributed by atoms with E-state index in [2.05, 4.69) is 5.16 Å². The summed E-state index contributed by atoms with van der Waals surface area (Å²) in [5, 5.41) is 23.2. The Morgan fingerprint density at radius 3 is 2.32 bits per heavy atom. The molecule has 0 atom stereocenters. The van der Waals surface area contributed by atoms with E-state index in [9.17, 15) is 15.0 Å². The number of nitrogens with zero attached hydrogens (tertiary/aromatic N) is 1. The average Bonchev–Trinajstić information content (AvgIpc) is 2.49. The minimum atomic E-state index is -0.541. The van der Waals surface area contributed by atoms with Crippen molar-refractivity contribution < 1.29 is 19.8 Å². The summed E-state index contributed by atoms with van der Waals surface area (Å²) in [4.78, 5) is 16.4. The van der Waals surface area contributed by atoms with E-state index < -0.39 is 5.91 Å². The maximum absolute atomic E-state index is 11.2. The van der Waals surface area contributed by atoms with Crippen molar-refractivity contribution in [2.24, 2.45) is 10.9 Å². The van der Waals surface area contributed by atoms with Crippen LogP contribution in [0.25, 0.3) is 0 Å². The number of carbonyl (C=O) groups is 1. The summed E-state index contributed by atoms with van der Waals surface area (Å²) in [6, 6.07) is 11.6. The lowest BCUT2D eigenvalue weighted by atomic mass is 10.1. The smallest absolute Gasteiger partial charge is 0.223 e. The quantitative estimate of drug-likeness (QED) is 0.580. The number of oxime groups is 1. The predicted octanol–water partition coefficient (Wildman–Crippen LogP) is 2.06. The fourth-order valence-corrected chi connectivity index (χ4v) is 1.80. The van der Waals surface area contributed by atoms with Crippen LogP contribution in [0.3, 0.4) is 0 Å². The van der Waals surface area contributed by atoms with E-state index in [1.807, 2.05) is 6.07 Å². The molecular weight excluding hydrogens is 284 g/mol. The number of rotatable bonds is 5. The van der Waals surface area contributed by atoms with Crippen LogP contribution in [0, 0.1) is 6.92 Å². The lowest BCUT2D eigenvalue weighted by Gasteiger charge is -2.07. The summed E-state index contributed by atoms with van der Waals surface area (Å²) in [7, 11) is 0. The molecule has 0 saturated heterocycles. The minimum absolute atomic E-state index is 0.0894. The second-order valence-electron chi connectivity index (χ2n) is 4.72. The van der Waals surface area contributed by atoms with Crippen molar-refractivity contribution in [1.82, 2.24) is 0 Å². The Labute approximate surface area is 127 Å². The molecule has 1 amide bonds. The molecule has 114 valence electrons. The van der Waals surface area contributed by atoms with Gasteiger partial charge >= 0.3 is 0 Å². The topological polar surface area (TPSA) is 105 Å². The van der Waals surface area contributed by atoms with Gasteiger partial charge in [-0.1, -0.05) is 35.5 Å². The maximum atomic E-state index is 11.2. The number of primary amides is 1. The van der Waals surface area contributed by atoms with Crippen LogP contribution in [-0.2, 0) is 4.79 Å². The van der Waals surface area contributed by atoms with Gasteiger partial charge in [0.15, 0.2) is 5.75 Å². The second kappa shape index (κ2) is 6.62. The standard InChI is InChI=1S/C16H16N2O4/c1-10-14(19)7-12(8-15(10)20)22-18-13(9-16(17)21)11-5-3-2-4-6-11/h2-8,19-20H,9H2,1H3,(H2,17,21)/b18-13+. The third-order valence-corrected chi connectivity index (χ3v) is 3.04. The van der Waals surface area contributed by atoms with Crippen molar-refractivity contribution in [2.45, 2.75) is 13.3 Å². The number of phenolic OH excluding ortho intramolecular Hbond substituents is 2. The number of aromatic hydroxyl groups is 2. The summed E-state index contributed by atoms with van der Waals surface area (Å²) in [6.45, 7) is 1.57. The molecule has 0 radical (unpaired) electrons. The molecule has 0 aromatic heterocycles. The van der Waals surface area contributed by atoms with Gasteiger partial charge in [-0.3, -0.25) is 4.79 Å². The van der Waals surface area contributed by atoms with Crippen LogP contribution in [-0.4, -0.2) is 21.8 Å². The Morgan fingerprint density at radius 1 is 1.18 bits per heavy atom. The van der Waals surface area contributed by atoms with Gasteiger partial charge in [0.05, 0.1) is 12.1 Å². The second-order valence-corrected chi connectivity index (χ2v) is 4.72. The van der Waals surface area contributed by atoms with Gasteiger partial charge in [-0.25, -0.2) is 0 Å². The molecule has 22 heavy (non-hydrogen) atoms. The van der Waals surface area contributed by atoms with Gasteiger partial charge in [-0.15, -0.1) is 0 Å². The van der Waals surface area contributed by atoms with Crippen molar-refractivity contribution in [1.29, 1.82) is 0 Å². The molecule has 0 saturated carbocycles. The van der Waals surface area contributed by atoms with Gasteiger partial charge < -0.3 is 20.8 Å². The highest BCUT2D eigenvalue weighted by Gasteiger charge is 2.10. The van der Waals surface area contributed by atoms with Crippen molar-refractivity contribution in [3.05, 3.63) is 53.6 Å². The molecule has 2 rings (SSSR count). The number of carbonyl (C=O) groups excluding carboxylic acids is 1. The highest BCUT2D eigenvalue weighted by Crippen LogP contribution is 2.31. The normalized spacial score (nSPS) is 11.2. The first-order valence-electron chi connectivity index (χ1n) is 6.57. The monoisotopic (exact) mass is 300 g/mol. The van der Waals surface area contributed by atoms with E-state index >= 15 is 0 Å². The molecule has 6 nitrogen and oxygen atoms in total. The number of hydrogen-bond acceptors (Lipinski definition) is 5. The van der Waals surface area contributed by atoms with Gasteiger partial charge in [0.2, 0.25) is 5.91 Å². The average molecular weight is 300 g/mol. The Morgan fingerprint density at radius 2 is 1.77 bits per heavy atom. The molecule has 0 bridgehead atoms. The molecule has 2 aromatic carbocycles. The first kappa shape index (κ1) is 15.4. The van der Waals surface area contributed by atoms with Crippen molar-refractivity contribution >= 4 is 11.6 Å². The fraction of sp³-hybridized carbons (Fsp3) is 0.125. The Balaban J connectivity index is 2.29. The molecule has 0 aliphatic heterocycles. The van der Waals surface area contributed by atoms with E-state index in [0.29, 0.717) is 16.8 Å². The van der Waals surface area contributed by atoms with Crippen LogP contribution in [0.5, 0.6) is 17.2 Å². The van der Waals surface area contributed by atoms with Crippen LogP contribution in [0.15, 0.2) is 47.6 Å². The van der Waals surface area contributed by atoms with Gasteiger partial charge in [0.1, 0.15) is 11.5 Å². The first-order chi connectivity index (χ1) is 10.5. The Hall–Kier alpha value is -3.02. The molecule has 0 aliphatic carbocycles. The van der Waals surface area contributed by atoms with E-state index in [-0.39, 0.29) is 23.7 Å². The molecular formula is C16H16N2O4. The number of amides is 1. The molecule has 0 aliphatic rings. The lowest BCUT2D eigenvalue weighted by molar-refractivity contribution is -0.116.